The second kappa shape index (κ2) is 8.07. The van der Waals surface area contributed by atoms with Crippen LogP contribution in [0.3, 0.4) is 0 Å². The summed E-state index contributed by atoms with van der Waals surface area (Å²) in [7, 11) is 1.66. The van der Waals surface area contributed by atoms with Crippen LogP contribution in [0.25, 0.3) is 16.8 Å². The molecule has 0 amide bonds. The third-order valence-corrected chi connectivity index (χ3v) is 7.15. The van der Waals surface area contributed by atoms with Crippen molar-refractivity contribution in [3.05, 3.63) is 76.1 Å². The lowest BCUT2D eigenvalue weighted by Crippen LogP contribution is -2.29. The molecule has 2 aromatic carbocycles. The Morgan fingerprint density at radius 2 is 1.94 bits per heavy atom. The molecule has 0 unspecified atom stereocenters. The van der Waals surface area contributed by atoms with Crippen molar-refractivity contribution in [3.63, 3.8) is 0 Å². The highest BCUT2D eigenvalue weighted by Gasteiger charge is 2.35. The number of hydrogen-bond donors (Lipinski definition) is 0. The van der Waals surface area contributed by atoms with Crippen molar-refractivity contribution in [2.24, 2.45) is 0 Å². The Morgan fingerprint density at radius 1 is 1.12 bits per heavy atom. The molecule has 0 N–H and O–H groups in total. The summed E-state index contributed by atoms with van der Waals surface area (Å²) in [5.41, 5.74) is 7.69. The number of benzene rings is 2. The summed E-state index contributed by atoms with van der Waals surface area (Å²) in [6.45, 7) is 2.94. The Labute approximate surface area is 199 Å². The second-order valence-electron chi connectivity index (χ2n) is 9.10. The zero-order chi connectivity index (χ0) is 22.5. The van der Waals surface area contributed by atoms with E-state index in [1.807, 2.05) is 18.2 Å². The van der Waals surface area contributed by atoms with Gasteiger partial charge in [0.2, 0.25) is 0 Å². The molecule has 0 atom stereocenters. The van der Waals surface area contributed by atoms with Crippen LogP contribution in [0.15, 0.2) is 48.5 Å². The van der Waals surface area contributed by atoms with E-state index in [1.54, 1.807) is 7.11 Å². The minimum atomic E-state index is 0.554. The first-order valence-corrected chi connectivity index (χ1v) is 12.1. The SMILES string of the molecule is COc1ccc(-c2c(C)nn3c(N(Cc4ccccc4)C4CC4)c4c(nc23)CCC4)c(Cl)c1. The molecule has 0 bridgehead atoms. The quantitative estimate of drug-likeness (QED) is 0.354. The largest absolute Gasteiger partial charge is 0.497 e. The third-order valence-electron chi connectivity index (χ3n) is 6.84. The van der Waals surface area contributed by atoms with Gasteiger partial charge in [-0.25, -0.2) is 4.98 Å². The molecule has 2 aliphatic carbocycles. The van der Waals surface area contributed by atoms with Crippen LogP contribution in [0.1, 0.15) is 41.8 Å². The molecule has 168 valence electrons. The molecule has 0 spiro atoms. The summed E-state index contributed by atoms with van der Waals surface area (Å²) in [5.74, 6) is 1.97. The summed E-state index contributed by atoms with van der Waals surface area (Å²) >= 11 is 6.70. The van der Waals surface area contributed by atoms with Crippen molar-refractivity contribution in [1.82, 2.24) is 14.6 Å². The predicted octanol–water partition coefficient (Wildman–Crippen LogP) is 6.02. The molecule has 2 heterocycles. The number of halogens is 1. The summed E-state index contributed by atoms with van der Waals surface area (Å²) in [5, 5.41) is 5.70. The van der Waals surface area contributed by atoms with E-state index in [0.717, 1.165) is 54.0 Å². The fourth-order valence-electron chi connectivity index (χ4n) is 5.09. The molecule has 2 aliphatic rings. The van der Waals surface area contributed by atoms with Gasteiger partial charge in [0, 0.05) is 29.4 Å². The van der Waals surface area contributed by atoms with E-state index >= 15 is 0 Å². The first-order valence-electron chi connectivity index (χ1n) is 11.7. The second-order valence-corrected chi connectivity index (χ2v) is 9.51. The molecule has 1 fully saturated rings. The van der Waals surface area contributed by atoms with Gasteiger partial charge >= 0.3 is 0 Å². The smallest absolute Gasteiger partial charge is 0.165 e. The Kier molecular flexibility index (Phi) is 5.02. The van der Waals surface area contributed by atoms with Gasteiger partial charge in [0.05, 0.1) is 23.4 Å². The molecular formula is C27H27ClN4O. The molecule has 2 aromatic heterocycles. The van der Waals surface area contributed by atoms with Crippen molar-refractivity contribution < 1.29 is 4.74 Å². The molecule has 6 heteroatoms. The third kappa shape index (κ3) is 3.55. The molecular weight excluding hydrogens is 432 g/mol. The van der Waals surface area contributed by atoms with Crippen LogP contribution in [0.4, 0.5) is 5.82 Å². The van der Waals surface area contributed by atoms with E-state index in [4.69, 9.17) is 26.4 Å². The Balaban J connectivity index is 1.56. The van der Waals surface area contributed by atoms with Gasteiger partial charge in [-0.2, -0.15) is 9.61 Å². The van der Waals surface area contributed by atoms with Gasteiger partial charge in [0.15, 0.2) is 5.65 Å². The predicted molar refractivity (Wildman–Crippen MR) is 132 cm³/mol. The summed E-state index contributed by atoms with van der Waals surface area (Å²) in [4.78, 5) is 7.72. The Bertz CT molecular complexity index is 1340. The fraction of sp³-hybridized carbons (Fsp3) is 0.333. The lowest BCUT2D eigenvalue weighted by atomic mass is 10.1. The zero-order valence-corrected chi connectivity index (χ0v) is 19.8. The summed E-state index contributed by atoms with van der Waals surface area (Å²) in [6.07, 6.45) is 5.67. The van der Waals surface area contributed by atoms with Crippen molar-refractivity contribution in [2.45, 2.75) is 51.6 Å². The standard InChI is InChI=1S/C27H27ClN4O/c1-17-25(21-14-13-20(33-2)15-23(21)28)26-29-24-10-6-9-22(24)27(32(26)30-17)31(19-11-12-19)16-18-7-4-3-5-8-18/h3-5,7-8,13-15,19H,6,9-12,16H2,1-2H3. The molecule has 0 radical (unpaired) electrons. The van der Waals surface area contributed by atoms with Crippen LogP contribution in [0.5, 0.6) is 5.75 Å². The van der Waals surface area contributed by atoms with Crippen molar-refractivity contribution in [1.29, 1.82) is 0 Å². The highest BCUT2D eigenvalue weighted by molar-refractivity contribution is 6.33. The monoisotopic (exact) mass is 458 g/mol. The van der Waals surface area contributed by atoms with Gasteiger partial charge in [0.1, 0.15) is 11.6 Å². The van der Waals surface area contributed by atoms with Gasteiger partial charge in [-0.3, -0.25) is 0 Å². The number of fused-ring (bicyclic) bond motifs is 2. The highest BCUT2D eigenvalue weighted by atomic mass is 35.5. The van der Waals surface area contributed by atoms with Crippen LogP contribution < -0.4 is 9.64 Å². The van der Waals surface area contributed by atoms with E-state index in [-0.39, 0.29) is 0 Å². The summed E-state index contributed by atoms with van der Waals surface area (Å²) in [6, 6.07) is 17.1. The molecule has 33 heavy (non-hydrogen) atoms. The highest BCUT2D eigenvalue weighted by Crippen LogP contribution is 2.42. The maximum Gasteiger partial charge on any atom is 0.165 e. The van der Waals surface area contributed by atoms with Gasteiger partial charge in [0.25, 0.3) is 0 Å². The van der Waals surface area contributed by atoms with Crippen molar-refractivity contribution in [2.75, 3.05) is 12.0 Å². The average Bonchev–Trinajstić information content (AvgIpc) is 3.48. The Hall–Kier alpha value is -3.05. The van der Waals surface area contributed by atoms with E-state index in [0.29, 0.717) is 11.1 Å². The maximum absolute atomic E-state index is 6.70. The number of aromatic nitrogens is 3. The van der Waals surface area contributed by atoms with Crippen LogP contribution in [-0.4, -0.2) is 27.7 Å². The topological polar surface area (TPSA) is 42.7 Å². The number of aryl methyl sites for hydroxylation is 2. The average molecular weight is 459 g/mol. The van der Waals surface area contributed by atoms with Gasteiger partial charge in [-0.15, -0.1) is 0 Å². The number of ether oxygens (including phenoxy) is 1. The minimum Gasteiger partial charge on any atom is -0.497 e. The molecule has 1 saturated carbocycles. The van der Waals surface area contributed by atoms with Crippen LogP contribution in [0, 0.1) is 6.92 Å². The molecule has 4 aromatic rings. The number of hydrogen-bond acceptors (Lipinski definition) is 4. The number of rotatable bonds is 6. The van der Waals surface area contributed by atoms with Crippen molar-refractivity contribution >= 4 is 23.1 Å². The van der Waals surface area contributed by atoms with Gasteiger partial charge in [-0.1, -0.05) is 41.9 Å². The minimum absolute atomic E-state index is 0.554. The normalized spacial score (nSPS) is 15.1. The van der Waals surface area contributed by atoms with Gasteiger partial charge in [-0.05, 0) is 62.8 Å². The van der Waals surface area contributed by atoms with E-state index in [1.165, 1.54) is 35.5 Å². The maximum atomic E-state index is 6.70. The molecule has 0 saturated heterocycles. The van der Waals surface area contributed by atoms with Crippen molar-refractivity contribution in [3.8, 4) is 16.9 Å². The first-order chi connectivity index (χ1) is 16.1. The number of anilines is 1. The van der Waals surface area contributed by atoms with Crippen LogP contribution in [-0.2, 0) is 19.4 Å². The van der Waals surface area contributed by atoms with Crippen LogP contribution >= 0.6 is 11.6 Å². The Morgan fingerprint density at radius 3 is 2.67 bits per heavy atom. The molecule has 6 rings (SSSR count). The van der Waals surface area contributed by atoms with Gasteiger partial charge < -0.3 is 9.64 Å². The lowest BCUT2D eigenvalue weighted by Gasteiger charge is -2.27. The molecule has 0 aliphatic heterocycles. The lowest BCUT2D eigenvalue weighted by molar-refractivity contribution is 0.415. The van der Waals surface area contributed by atoms with Crippen LogP contribution in [0.2, 0.25) is 5.02 Å². The van der Waals surface area contributed by atoms with E-state index < -0.39 is 0 Å². The number of methoxy groups -OCH3 is 1. The zero-order valence-electron chi connectivity index (χ0n) is 19.0. The first kappa shape index (κ1) is 20.5. The molecule has 5 nitrogen and oxygen atoms in total. The van der Waals surface area contributed by atoms with E-state index in [9.17, 15) is 0 Å². The van der Waals surface area contributed by atoms with E-state index in [2.05, 4.69) is 46.7 Å². The summed E-state index contributed by atoms with van der Waals surface area (Å²) < 4.78 is 7.45. The number of nitrogens with zero attached hydrogens (tertiary/aromatic N) is 4. The fourth-order valence-corrected chi connectivity index (χ4v) is 5.36.